The minimum absolute atomic E-state index is 0.786. The van der Waals surface area contributed by atoms with Crippen molar-refractivity contribution < 1.29 is 0 Å². The molecule has 0 amide bonds. The summed E-state index contributed by atoms with van der Waals surface area (Å²) in [5, 5.41) is 17.3. The van der Waals surface area contributed by atoms with Crippen molar-refractivity contribution in [2.24, 2.45) is 0 Å². The Balaban J connectivity index is 0.000000791. The molecule has 0 aromatic heterocycles. The minimum atomic E-state index is 0.786. The van der Waals surface area contributed by atoms with Crippen LogP contribution < -0.4 is 0 Å². The summed E-state index contributed by atoms with van der Waals surface area (Å²) in [5.41, 5.74) is 0. The van der Waals surface area contributed by atoms with Crippen LogP contribution in [0.1, 0.15) is 26.7 Å². The summed E-state index contributed by atoms with van der Waals surface area (Å²) in [5.74, 6) is 0. The van der Waals surface area contributed by atoms with Gasteiger partial charge in [0.25, 0.3) is 0 Å². The molecule has 1 aliphatic heterocycles. The third kappa shape index (κ3) is 4.57. The van der Waals surface area contributed by atoms with Crippen LogP contribution in [0.2, 0.25) is 0 Å². The Kier molecular flexibility index (Phi) is 7.36. The summed E-state index contributed by atoms with van der Waals surface area (Å²) in [6.07, 6.45) is 6.08. The molecule has 0 N–H and O–H groups in total. The highest BCUT2D eigenvalue weighted by molar-refractivity contribution is 4.80. The molecule has 4 heteroatoms. The summed E-state index contributed by atoms with van der Waals surface area (Å²) < 4.78 is 0. The van der Waals surface area contributed by atoms with Gasteiger partial charge in [-0.15, -0.1) is 0 Å². The lowest BCUT2D eigenvalue weighted by Crippen LogP contribution is -2.32. The number of hydrogen-bond donors (Lipinski definition) is 0. The topological polar surface area (TPSA) is 54.1 Å². The SMILES string of the molecule is CC.N#CN1CCCN(C#N)CCC1. The maximum Gasteiger partial charge on any atom is 0.179 e. The monoisotopic (exact) mass is 194 g/mol. The normalized spacial score (nSPS) is 16.6. The first-order chi connectivity index (χ1) is 6.86. The molecule has 0 bridgehead atoms. The molecule has 0 saturated carbocycles. The van der Waals surface area contributed by atoms with E-state index in [2.05, 4.69) is 12.4 Å². The molecule has 4 nitrogen and oxygen atoms in total. The second kappa shape index (κ2) is 8.19. The molecule has 14 heavy (non-hydrogen) atoms. The average Bonchev–Trinajstić information content (AvgIpc) is 2.21. The molecule has 0 aliphatic carbocycles. The quantitative estimate of drug-likeness (QED) is 0.546. The van der Waals surface area contributed by atoms with Crippen molar-refractivity contribution in [2.75, 3.05) is 26.2 Å². The molecule has 0 aromatic carbocycles. The average molecular weight is 194 g/mol. The third-order valence-electron chi connectivity index (χ3n) is 1.99. The summed E-state index contributed by atoms with van der Waals surface area (Å²) in [6.45, 7) is 7.15. The predicted octanol–water partition coefficient (Wildman–Crippen LogP) is 1.37. The Bertz CT molecular complexity index is 181. The Labute approximate surface area is 86.3 Å². The number of nitrogens with zero attached hydrogens (tertiary/aromatic N) is 4. The smallest absolute Gasteiger partial charge is 0.179 e. The van der Waals surface area contributed by atoms with E-state index < -0.39 is 0 Å². The second-order valence-electron chi connectivity index (χ2n) is 2.88. The van der Waals surface area contributed by atoms with E-state index in [1.807, 2.05) is 13.8 Å². The molecule has 0 radical (unpaired) electrons. The molecule has 1 rings (SSSR count). The molecule has 78 valence electrons. The van der Waals surface area contributed by atoms with Crippen molar-refractivity contribution in [3.05, 3.63) is 0 Å². The van der Waals surface area contributed by atoms with Crippen LogP contribution in [0.25, 0.3) is 0 Å². The van der Waals surface area contributed by atoms with Gasteiger partial charge in [-0.1, -0.05) is 13.8 Å². The van der Waals surface area contributed by atoms with Crippen LogP contribution in [-0.2, 0) is 0 Å². The van der Waals surface area contributed by atoms with E-state index in [0.29, 0.717) is 0 Å². The summed E-state index contributed by atoms with van der Waals surface area (Å²) >= 11 is 0. The van der Waals surface area contributed by atoms with Crippen molar-refractivity contribution >= 4 is 0 Å². The van der Waals surface area contributed by atoms with Crippen LogP contribution in [0.5, 0.6) is 0 Å². The van der Waals surface area contributed by atoms with Gasteiger partial charge in [0.2, 0.25) is 0 Å². The van der Waals surface area contributed by atoms with E-state index in [-0.39, 0.29) is 0 Å². The largest absolute Gasteiger partial charge is 0.311 e. The molecule has 1 saturated heterocycles. The second-order valence-corrected chi connectivity index (χ2v) is 2.88. The van der Waals surface area contributed by atoms with Gasteiger partial charge < -0.3 is 9.80 Å². The summed E-state index contributed by atoms with van der Waals surface area (Å²) in [7, 11) is 0. The van der Waals surface area contributed by atoms with Crippen molar-refractivity contribution in [1.29, 1.82) is 10.5 Å². The Hall–Kier alpha value is -1.42. The first-order valence-electron chi connectivity index (χ1n) is 5.16. The van der Waals surface area contributed by atoms with Gasteiger partial charge in [0.1, 0.15) is 0 Å². The van der Waals surface area contributed by atoms with Crippen LogP contribution in [0.3, 0.4) is 0 Å². The van der Waals surface area contributed by atoms with Crippen LogP contribution in [0.4, 0.5) is 0 Å². The molecule has 0 unspecified atom stereocenters. The Morgan fingerprint density at radius 3 is 1.29 bits per heavy atom. The maximum atomic E-state index is 8.63. The van der Waals surface area contributed by atoms with Gasteiger partial charge in [-0.2, -0.15) is 10.5 Å². The maximum absolute atomic E-state index is 8.63. The van der Waals surface area contributed by atoms with Crippen LogP contribution in [-0.4, -0.2) is 36.0 Å². The zero-order valence-electron chi connectivity index (χ0n) is 9.03. The standard InChI is InChI=1S/C8H12N4.C2H6/c9-7-11-3-1-4-12(8-10)6-2-5-11;1-2/h1-6H2;1-2H3. The Morgan fingerprint density at radius 2 is 1.07 bits per heavy atom. The molecule has 0 atom stereocenters. The fourth-order valence-electron chi connectivity index (χ4n) is 1.33. The van der Waals surface area contributed by atoms with Gasteiger partial charge >= 0.3 is 0 Å². The molecular weight excluding hydrogens is 176 g/mol. The third-order valence-corrected chi connectivity index (χ3v) is 1.99. The lowest BCUT2D eigenvalue weighted by atomic mass is 10.2. The first kappa shape index (κ1) is 12.6. The minimum Gasteiger partial charge on any atom is -0.311 e. The number of nitriles is 2. The van der Waals surface area contributed by atoms with Crippen LogP contribution in [0, 0.1) is 22.9 Å². The first-order valence-corrected chi connectivity index (χ1v) is 5.16. The summed E-state index contributed by atoms with van der Waals surface area (Å²) in [4.78, 5) is 3.52. The highest BCUT2D eigenvalue weighted by atomic mass is 15.2. The van der Waals surface area contributed by atoms with E-state index in [1.54, 1.807) is 9.80 Å². The zero-order valence-corrected chi connectivity index (χ0v) is 9.03. The van der Waals surface area contributed by atoms with Crippen molar-refractivity contribution in [2.45, 2.75) is 26.7 Å². The zero-order chi connectivity index (χ0) is 10.8. The van der Waals surface area contributed by atoms with E-state index in [4.69, 9.17) is 10.5 Å². The summed E-state index contributed by atoms with van der Waals surface area (Å²) in [6, 6.07) is 0. The molecule has 0 aromatic rings. The van der Waals surface area contributed by atoms with Crippen LogP contribution in [0.15, 0.2) is 0 Å². The Morgan fingerprint density at radius 1 is 0.786 bits per heavy atom. The fourth-order valence-corrected chi connectivity index (χ4v) is 1.33. The van der Waals surface area contributed by atoms with Crippen molar-refractivity contribution in [3.63, 3.8) is 0 Å². The number of rotatable bonds is 0. The van der Waals surface area contributed by atoms with Gasteiger partial charge in [-0.3, -0.25) is 0 Å². The molecule has 1 aliphatic rings. The molecule has 1 fully saturated rings. The van der Waals surface area contributed by atoms with Crippen LogP contribution >= 0.6 is 0 Å². The number of hydrogen-bond acceptors (Lipinski definition) is 4. The van der Waals surface area contributed by atoms with E-state index in [9.17, 15) is 0 Å². The van der Waals surface area contributed by atoms with E-state index in [0.717, 1.165) is 39.0 Å². The highest BCUT2D eigenvalue weighted by Gasteiger charge is 2.09. The van der Waals surface area contributed by atoms with Gasteiger partial charge in [-0.25, -0.2) is 0 Å². The lowest BCUT2D eigenvalue weighted by Gasteiger charge is -2.23. The van der Waals surface area contributed by atoms with Gasteiger partial charge in [0.15, 0.2) is 12.4 Å². The lowest BCUT2D eigenvalue weighted by molar-refractivity contribution is 0.277. The molecule has 1 heterocycles. The van der Waals surface area contributed by atoms with Crippen molar-refractivity contribution in [3.8, 4) is 12.4 Å². The predicted molar refractivity (Wildman–Crippen MR) is 55.0 cm³/mol. The fraction of sp³-hybridized carbons (Fsp3) is 0.800. The van der Waals surface area contributed by atoms with Crippen molar-refractivity contribution in [1.82, 2.24) is 9.80 Å². The molecule has 0 spiro atoms. The van der Waals surface area contributed by atoms with Gasteiger partial charge in [-0.05, 0) is 12.8 Å². The van der Waals surface area contributed by atoms with Gasteiger partial charge in [0, 0.05) is 26.2 Å². The van der Waals surface area contributed by atoms with E-state index in [1.165, 1.54) is 0 Å². The van der Waals surface area contributed by atoms with Gasteiger partial charge in [0.05, 0.1) is 0 Å². The van der Waals surface area contributed by atoms with E-state index >= 15 is 0 Å². The molecular formula is C10H18N4. The highest BCUT2D eigenvalue weighted by Crippen LogP contribution is 2.01.